The fourth-order valence-electron chi connectivity index (χ4n) is 3.51. The van der Waals surface area contributed by atoms with Crippen molar-refractivity contribution < 1.29 is 10.2 Å². The molecule has 3 fully saturated rings. The van der Waals surface area contributed by atoms with E-state index < -0.39 is 0 Å². The molecule has 0 aliphatic carbocycles. The average Bonchev–Trinajstić information content (AvgIpc) is 2.47. The Morgan fingerprint density at radius 3 is 2.50 bits per heavy atom. The second kappa shape index (κ2) is 5.64. The van der Waals surface area contributed by atoms with E-state index in [1.807, 2.05) is 16.7 Å². The molecule has 0 aromatic heterocycles. The molecule has 0 saturated carbocycles. The molecule has 1 aromatic rings. The minimum absolute atomic E-state index is 0.878. The second-order valence-corrected chi connectivity index (χ2v) is 6.62. The van der Waals surface area contributed by atoms with Crippen molar-refractivity contribution >= 4 is 11.8 Å². The van der Waals surface area contributed by atoms with E-state index in [4.69, 9.17) is 0 Å². The highest BCUT2D eigenvalue weighted by Crippen LogP contribution is 2.16. The lowest BCUT2D eigenvalue weighted by Crippen LogP contribution is -3.20. The molecule has 1 aromatic carbocycles. The lowest BCUT2D eigenvalue weighted by Gasteiger charge is -2.40. The van der Waals surface area contributed by atoms with Gasteiger partial charge in [0, 0.05) is 29.2 Å². The van der Waals surface area contributed by atoms with E-state index in [1.165, 1.54) is 42.9 Å². The van der Waals surface area contributed by atoms with E-state index in [9.17, 15) is 0 Å². The molecule has 2 bridgehead atoms. The van der Waals surface area contributed by atoms with Gasteiger partial charge in [-0.2, -0.15) is 0 Å². The molecule has 3 N–H and O–H groups in total. The van der Waals surface area contributed by atoms with E-state index in [2.05, 4.69) is 35.8 Å². The van der Waals surface area contributed by atoms with Crippen molar-refractivity contribution in [2.24, 2.45) is 5.92 Å². The van der Waals surface area contributed by atoms with E-state index in [0.717, 1.165) is 18.5 Å². The maximum absolute atomic E-state index is 2.59. The number of thioether (sulfide) groups is 1. The molecule has 0 unspecified atom stereocenters. The number of fused-ring (bicyclic) bond motifs is 3. The van der Waals surface area contributed by atoms with Crippen LogP contribution in [0.25, 0.3) is 0 Å². The largest absolute Gasteiger partial charge is 0.335 e. The molecule has 4 rings (SSSR count). The van der Waals surface area contributed by atoms with Crippen LogP contribution >= 0.6 is 11.8 Å². The van der Waals surface area contributed by atoms with Crippen molar-refractivity contribution in [1.82, 2.24) is 0 Å². The van der Waals surface area contributed by atoms with Crippen molar-refractivity contribution in [2.75, 3.05) is 25.9 Å². The highest BCUT2D eigenvalue weighted by atomic mass is 32.2. The average molecular weight is 264 g/mol. The number of hydrogen-bond acceptors (Lipinski definition) is 1. The third-order valence-corrected chi connectivity index (χ3v) is 5.43. The van der Waals surface area contributed by atoms with Gasteiger partial charge < -0.3 is 10.2 Å². The lowest BCUT2D eigenvalue weighted by molar-refractivity contribution is -0.943. The first-order valence-electron chi connectivity index (χ1n) is 7.15. The normalized spacial score (nSPS) is 30.6. The molecule has 2 nitrogen and oxygen atoms in total. The predicted molar refractivity (Wildman–Crippen MR) is 75.9 cm³/mol. The first-order valence-corrected chi connectivity index (χ1v) is 8.37. The van der Waals surface area contributed by atoms with Gasteiger partial charge in [-0.25, -0.2) is 0 Å². The Hall–Kier alpha value is -0.510. The SMILES string of the molecule is CSc1ccc(C[NH2+][C@@H]2C[NH+]3CCC2CC3)cc1. The lowest BCUT2D eigenvalue weighted by atomic mass is 9.84. The van der Waals surface area contributed by atoms with Gasteiger partial charge in [-0.15, -0.1) is 11.8 Å². The van der Waals surface area contributed by atoms with Gasteiger partial charge in [-0.3, -0.25) is 0 Å². The van der Waals surface area contributed by atoms with Gasteiger partial charge in [0.1, 0.15) is 19.1 Å². The maximum atomic E-state index is 2.59. The summed E-state index contributed by atoms with van der Waals surface area (Å²) in [7, 11) is 0. The van der Waals surface area contributed by atoms with Gasteiger partial charge in [-0.1, -0.05) is 12.1 Å². The van der Waals surface area contributed by atoms with Crippen molar-refractivity contribution in [3.05, 3.63) is 29.8 Å². The summed E-state index contributed by atoms with van der Waals surface area (Å²) in [4.78, 5) is 3.21. The molecule has 3 saturated heterocycles. The Morgan fingerprint density at radius 2 is 1.94 bits per heavy atom. The first kappa shape index (κ1) is 12.5. The highest BCUT2D eigenvalue weighted by molar-refractivity contribution is 7.98. The summed E-state index contributed by atoms with van der Waals surface area (Å²) in [5.41, 5.74) is 1.47. The summed E-state index contributed by atoms with van der Waals surface area (Å²) < 4.78 is 0. The first-order chi connectivity index (χ1) is 8.85. The number of quaternary nitrogens is 2. The predicted octanol–water partition coefficient (Wildman–Crippen LogP) is 0.149. The number of nitrogens with two attached hydrogens (primary N) is 1. The van der Waals surface area contributed by atoms with Crippen LogP contribution in [0.4, 0.5) is 0 Å². The van der Waals surface area contributed by atoms with E-state index >= 15 is 0 Å². The molecular formula is C15H24N2S+2. The van der Waals surface area contributed by atoms with Crippen molar-refractivity contribution in [3.63, 3.8) is 0 Å². The molecule has 0 radical (unpaired) electrons. The van der Waals surface area contributed by atoms with Crippen LogP contribution in [0.5, 0.6) is 0 Å². The quantitative estimate of drug-likeness (QED) is 0.742. The number of piperidine rings is 3. The summed E-state index contributed by atoms with van der Waals surface area (Å²) in [5, 5.41) is 2.59. The maximum Gasteiger partial charge on any atom is 0.139 e. The zero-order valence-electron chi connectivity index (χ0n) is 11.2. The molecule has 0 spiro atoms. The Balaban J connectivity index is 1.54. The summed E-state index contributed by atoms with van der Waals surface area (Å²) in [6.07, 6.45) is 5.06. The van der Waals surface area contributed by atoms with Crippen LogP contribution in [0, 0.1) is 5.92 Å². The van der Waals surface area contributed by atoms with Crippen LogP contribution < -0.4 is 10.2 Å². The standard InChI is InChI=1S/C15H22N2S/c1-18-14-4-2-12(3-5-14)10-16-15-11-17-8-6-13(15)7-9-17/h2-5,13,15-16H,6-11H2,1H3/p+2/t15-/m1/s1. The Bertz CT molecular complexity index is 382. The number of nitrogens with one attached hydrogen (secondary N) is 1. The number of hydrogen-bond donors (Lipinski definition) is 2. The number of rotatable bonds is 4. The third-order valence-electron chi connectivity index (χ3n) is 4.68. The zero-order valence-corrected chi connectivity index (χ0v) is 12.0. The van der Waals surface area contributed by atoms with Gasteiger partial charge in [0.15, 0.2) is 0 Å². The van der Waals surface area contributed by atoms with Crippen LogP contribution in [0.2, 0.25) is 0 Å². The molecule has 3 heteroatoms. The Kier molecular flexibility index (Phi) is 3.92. The highest BCUT2D eigenvalue weighted by Gasteiger charge is 2.39. The van der Waals surface area contributed by atoms with E-state index in [0.29, 0.717) is 0 Å². The molecule has 3 heterocycles. The molecule has 3 aliphatic heterocycles. The fourth-order valence-corrected chi connectivity index (χ4v) is 3.91. The second-order valence-electron chi connectivity index (χ2n) is 5.74. The van der Waals surface area contributed by atoms with Crippen LogP contribution in [-0.4, -0.2) is 31.9 Å². The monoisotopic (exact) mass is 264 g/mol. The van der Waals surface area contributed by atoms with Crippen LogP contribution in [0.15, 0.2) is 29.2 Å². The van der Waals surface area contributed by atoms with Crippen LogP contribution in [-0.2, 0) is 6.54 Å². The summed E-state index contributed by atoms with van der Waals surface area (Å²) in [5.74, 6) is 0.993. The van der Waals surface area contributed by atoms with E-state index in [1.54, 1.807) is 0 Å². The van der Waals surface area contributed by atoms with Crippen molar-refractivity contribution in [1.29, 1.82) is 0 Å². The summed E-state index contributed by atoms with van der Waals surface area (Å²) >= 11 is 1.82. The molecule has 0 amide bonds. The molecule has 18 heavy (non-hydrogen) atoms. The zero-order chi connectivity index (χ0) is 12.4. The van der Waals surface area contributed by atoms with Gasteiger partial charge >= 0.3 is 0 Å². The van der Waals surface area contributed by atoms with Gasteiger partial charge in [0.2, 0.25) is 0 Å². The van der Waals surface area contributed by atoms with Crippen molar-refractivity contribution in [3.8, 4) is 0 Å². The Labute approximate surface area is 114 Å². The minimum Gasteiger partial charge on any atom is -0.335 e. The Morgan fingerprint density at radius 1 is 1.22 bits per heavy atom. The number of benzene rings is 1. The van der Waals surface area contributed by atoms with Crippen LogP contribution in [0.3, 0.4) is 0 Å². The van der Waals surface area contributed by atoms with Gasteiger partial charge in [0.25, 0.3) is 0 Å². The summed E-state index contributed by atoms with van der Waals surface area (Å²) in [6, 6.07) is 9.95. The molecule has 98 valence electrons. The fraction of sp³-hybridized carbons (Fsp3) is 0.600. The smallest absolute Gasteiger partial charge is 0.139 e. The summed E-state index contributed by atoms with van der Waals surface area (Å²) in [6.45, 7) is 5.41. The minimum atomic E-state index is 0.878. The molecular weight excluding hydrogens is 240 g/mol. The van der Waals surface area contributed by atoms with Gasteiger partial charge in [0.05, 0.1) is 13.1 Å². The topological polar surface area (TPSA) is 21.1 Å². The van der Waals surface area contributed by atoms with Crippen LogP contribution in [0.1, 0.15) is 18.4 Å². The molecule has 1 atom stereocenters. The van der Waals surface area contributed by atoms with Gasteiger partial charge in [-0.05, 0) is 18.4 Å². The van der Waals surface area contributed by atoms with Crippen molar-refractivity contribution in [2.45, 2.75) is 30.3 Å². The third kappa shape index (κ3) is 2.73. The molecule has 3 aliphatic rings. The van der Waals surface area contributed by atoms with E-state index in [-0.39, 0.29) is 0 Å².